The Bertz CT molecular complexity index is 853. The monoisotopic (exact) mass is 403 g/mol. The number of halogens is 1. The maximum absolute atomic E-state index is 13.1. The smallest absolute Gasteiger partial charge is 0.292 e. The van der Waals surface area contributed by atoms with Crippen LogP contribution in [-0.4, -0.2) is 44.2 Å². The summed E-state index contributed by atoms with van der Waals surface area (Å²) in [6.07, 6.45) is 0.258. The third kappa shape index (κ3) is 3.89. The molecule has 0 bridgehead atoms. The van der Waals surface area contributed by atoms with Crippen LogP contribution >= 0.6 is 23.4 Å². The molecule has 0 radical (unpaired) electrons. The van der Waals surface area contributed by atoms with Crippen molar-refractivity contribution in [1.82, 2.24) is 0 Å². The van der Waals surface area contributed by atoms with Crippen molar-refractivity contribution in [2.75, 3.05) is 31.2 Å². The summed E-state index contributed by atoms with van der Waals surface area (Å²) in [4.78, 5) is 30.2. The first kappa shape index (κ1) is 18.5. The Morgan fingerprint density at radius 1 is 1.04 bits per heavy atom. The fourth-order valence-corrected chi connectivity index (χ4v) is 4.61. The number of ether oxygens (including phenoxy) is 1. The Morgan fingerprint density at radius 3 is 2.48 bits per heavy atom. The summed E-state index contributed by atoms with van der Waals surface area (Å²) in [7, 11) is 0. The first-order valence-electron chi connectivity index (χ1n) is 8.95. The fraction of sp³-hybridized carbons (Fsp3) is 0.300. The van der Waals surface area contributed by atoms with Crippen LogP contribution in [-0.2, 0) is 14.3 Å². The molecule has 0 saturated carbocycles. The summed E-state index contributed by atoms with van der Waals surface area (Å²) in [6, 6.07) is 14.8. The molecule has 2 heterocycles. The van der Waals surface area contributed by atoms with Gasteiger partial charge in [-0.05, 0) is 36.4 Å². The van der Waals surface area contributed by atoms with Gasteiger partial charge in [0.2, 0.25) is 5.91 Å². The van der Waals surface area contributed by atoms with E-state index in [0.29, 0.717) is 23.9 Å². The highest BCUT2D eigenvalue weighted by atomic mass is 35.5. The van der Waals surface area contributed by atoms with Crippen molar-refractivity contribution >= 4 is 40.9 Å². The Labute approximate surface area is 167 Å². The van der Waals surface area contributed by atoms with Crippen LogP contribution < -0.4 is 9.80 Å². The van der Waals surface area contributed by atoms with E-state index in [4.69, 9.17) is 16.3 Å². The second-order valence-corrected chi connectivity index (χ2v) is 8.17. The Morgan fingerprint density at radius 2 is 1.74 bits per heavy atom. The van der Waals surface area contributed by atoms with Crippen LogP contribution in [0, 0.1) is 0 Å². The predicted octanol–water partition coefficient (Wildman–Crippen LogP) is 2.04. The van der Waals surface area contributed by atoms with Crippen LogP contribution in [0.2, 0.25) is 5.02 Å². The molecule has 7 heteroatoms. The van der Waals surface area contributed by atoms with Crippen LogP contribution in [0.15, 0.2) is 58.3 Å². The Hall–Kier alpha value is -1.86. The number of rotatable bonds is 4. The Kier molecular flexibility index (Phi) is 5.50. The van der Waals surface area contributed by atoms with Crippen LogP contribution in [0.4, 0.5) is 5.69 Å². The molecule has 140 valence electrons. The normalized spacial score (nSPS) is 21.1. The number of anilines is 1. The molecule has 1 atom stereocenters. The summed E-state index contributed by atoms with van der Waals surface area (Å²) in [5.74, 6) is -0.241. The molecule has 0 spiro atoms. The van der Waals surface area contributed by atoms with E-state index in [2.05, 4.69) is 0 Å². The molecule has 5 nitrogen and oxygen atoms in total. The van der Waals surface area contributed by atoms with Gasteiger partial charge in [-0.2, -0.15) is 0 Å². The summed E-state index contributed by atoms with van der Waals surface area (Å²) in [6.45, 7) is 2.80. The average Bonchev–Trinajstić information content (AvgIpc) is 2.99. The van der Waals surface area contributed by atoms with E-state index in [9.17, 15) is 9.59 Å². The van der Waals surface area contributed by atoms with Crippen LogP contribution in [0.3, 0.4) is 0 Å². The Balaban J connectivity index is 1.60. The molecule has 27 heavy (non-hydrogen) atoms. The summed E-state index contributed by atoms with van der Waals surface area (Å²) in [5.41, 5.74) is 0.655. The number of carbonyl (C=O) groups is 2. The van der Waals surface area contributed by atoms with Crippen molar-refractivity contribution in [3.63, 3.8) is 0 Å². The molecule has 2 amide bonds. The minimum atomic E-state index is -0.310. The largest absolute Gasteiger partial charge is 0.370 e. The first-order valence-corrected chi connectivity index (χ1v) is 10.1. The predicted molar refractivity (Wildman–Crippen MR) is 104 cm³/mol. The number of morpholine rings is 1. The van der Waals surface area contributed by atoms with Gasteiger partial charge in [0.05, 0.1) is 25.3 Å². The SMILES string of the molecule is O=C1C[C@@H]([NH+]2CCOCC2)C(=O)N1c1ccccc1Sc1ccc(Cl)cc1. The van der Waals surface area contributed by atoms with Crippen molar-refractivity contribution in [2.45, 2.75) is 22.3 Å². The number of nitrogens with one attached hydrogen (secondary N) is 1. The number of amides is 2. The fourth-order valence-electron chi connectivity index (χ4n) is 3.54. The summed E-state index contributed by atoms with van der Waals surface area (Å²) in [5, 5.41) is 0.675. The van der Waals surface area contributed by atoms with Gasteiger partial charge in [0.15, 0.2) is 6.04 Å². The van der Waals surface area contributed by atoms with Crippen LogP contribution in [0.5, 0.6) is 0 Å². The van der Waals surface area contributed by atoms with Crippen LogP contribution in [0.1, 0.15) is 6.42 Å². The van der Waals surface area contributed by atoms with Gasteiger partial charge in [0.25, 0.3) is 5.91 Å². The highest BCUT2D eigenvalue weighted by molar-refractivity contribution is 7.99. The van der Waals surface area contributed by atoms with E-state index < -0.39 is 0 Å². The number of quaternary nitrogens is 1. The maximum Gasteiger partial charge on any atom is 0.292 e. The van der Waals surface area contributed by atoms with Crippen molar-refractivity contribution in [3.05, 3.63) is 53.6 Å². The maximum atomic E-state index is 13.1. The van der Waals surface area contributed by atoms with E-state index in [1.54, 1.807) is 0 Å². The zero-order chi connectivity index (χ0) is 18.8. The lowest BCUT2D eigenvalue weighted by molar-refractivity contribution is -0.922. The van der Waals surface area contributed by atoms with Crippen molar-refractivity contribution < 1.29 is 19.2 Å². The van der Waals surface area contributed by atoms with E-state index >= 15 is 0 Å². The van der Waals surface area contributed by atoms with Gasteiger partial charge in [-0.1, -0.05) is 35.5 Å². The minimum Gasteiger partial charge on any atom is -0.370 e. The number of hydrogen-bond acceptors (Lipinski definition) is 4. The first-order chi connectivity index (χ1) is 13.1. The second-order valence-electron chi connectivity index (χ2n) is 6.62. The number of para-hydroxylation sites is 1. The second kappa shape index (κ2) is 8.02. The molecular formula is C20H20ClN2O3S+. The van der Waals surface area contributed by atoms with E-state index in [1.165, 1.54) is 16.7 Å². The van der Waals surface area contributed by atoms with E-state index in [-0.39, 0.29) is 24.3 Å². The molecule has 4 rings (SSSR count). The molecule has 2 aliphatic heterocycles. The standard InChI is InChI=1S/C20H19ClN2O3S/c21-14-5-7-15(8-6-14)27-18-4-2-1-3-16(18)23-19(24)13-17(20(23)25)22-9-11-26-12-10-22/h1-8,17H,9-13H2/p+1/t17-/m1/s1. The van der Waals surface area contributed by atoms with Crippen molar-refractivity contribution in [2.24, 2.45) is 0 Å². The van der Waals surface area contributed by atoms with Gasteiger partial charge in [-0.25, -0.2) is 4.90 Å². The molecule has 2 aromatic rings. The highest BCUT2D eigenvalue weighted by Crippen LogP contribution is 2.37. The topological polar surface area (TPSA) is 51.1 Å². The zero-order valence-corrected chi connectivity index (χ0v) is 16.3. The number of nitrogens with zero attached hydrogens (tertiary/aromatic N) is 1. The summed E-state index contributed by atoms with van der Waals surface area (Å²) >= 11 is 7.48. The molecule has 0 aliphatic carbocycles. The third-order valence-electron chi connectivity index (χ3n) is 4.92. The van der Waals surface area contributed by atoms with Gasteiger partial charge in [-0.15, -0.1) is 0 Å². The van der Waals surface area contributed by atoms with Gasteiger partial charge >= 0.3 is 0 Å². The molecular weight excluding hydrogens is 384 g/mol. The molecule has 0 aromatic heterocycles. The highest BCUT2D eigenvalue weighted by Gasteiger charge is 2.46. The lowest BCUT2D eigenvalue weighted by Gasteiger charge is -2.27. The number of carbonyl (C=O) groups excluding carboxylic acids is 2. The zero-order valence-electron chi connectivity index (χ0n) is 14.7. The lowest BCUT2D eigenvalue weighted by Crippen LogP contribution is -3.18. The van der Waals surface area contributed by atoms with Gasteiger partial charge < -0.3 is 9.64 Å². The molecule has 2 fully saturated rings. The average molecular weight is 404 g/mol. The van der Waals surface area contributed by atoms with Gasteiger partial charge in [0, 0.05) is 14.8 Å². The molecule has 2 saturated heterocycles. The number of hydrogen-bond donors (Lipinski definition) is 1. The molecule has 0 unspecified atom stereocenters. The van der Waals surface area contributed by atoms with Crippen molar-refractivity contribution in [1.29, 1.82) is 0 Å². The van der Waals surface area contributed by atoms with Crippen LogP contribution in [0.25, 0.3) is 0 Å². The number of imide groups is 1. The lowest BCUT2D eigenvalue weighted by atomic mass is 10.2. The molecule has 2 aromatic carbocycles. The van der Waals surface area contributed by atoms with E-state index in [1.807, 2.05) is 48.5 Å². The third-order valence-corrected chi connectivity index (χ3v) is 6.25. The minimum absolute atomic E-state index is 0.110. The van der Waals surface area contributed by atoms with Gasteiger partial charge in [0.1, 0.15) is 13.1 Å². The van der Waals surface area contributed by atoms with E-state index in [0.717, 1.165) is 27.8 Å². The quantitative estimate of drug-likeness (QED) is 0.794. The van der Waals surface area contributed by atoms with Crippen molar-refractivity contribution in [3.8, 4) is 0 Å². The summed E-state index contributed by atoms with van der Waals surface area (Å²) < 4.78 is 5.38. The molecule has 1 N–H and O–H groups in total. The van der Waals surface area contributed by atoms with Gasteiger partial charge in [-0.3, -0.25) is 9.59 Å². The molecule has 2 aliphatic rings. The number of benzene rings is 2.